The van der Waals surface area contributed by atoms with Gasteiger partial charge in [-0.25, -0.2) is 19.7 Å². The van der Waals surface area contributed by atoms with Crippen LogP contribution in [0.3, 0.4) is 0 Å². The minimum absolute atomic E-state index is 0.0574. The smallest absolute Gasteiger partial charge is 0.321 e. The van der Waals surface area contributed by atoms with Crippen molar-refractivity contribution in [1.82, 2.24) is 24.8 Å². The lowest BCUT2D eigenvalue weighted by Crippen LogP contribution is -2.34. The van der Waals surface area contributed by atoms with Crippen LogP contribution in [-0.2, 0) is 12.6 Å². The van der Waals surface area contributed by atoms with Crippen LogP contribution in [-0.4, -0.2) is 36.7 Å². The molecule has 5 rings (SSSR count). The molecule has 0 spiro atoms. The molecule has 0 radical (unpaired) electrons. The number of imidazole rings is 1. The third-order valence-electron chi connectivity index (χ3n) is 6.31. The van der Waals surface area contributed by atoms with Gasteiger partial charge in [0.25, 0.3) is 0 Å². The molecule has 2 heterocycles. The number of fused-ring (bicyclic) bond motifs is 1. The molecule has 0 aliphatic carbocycles. The summed E-state index contributed by atoms with van der Waals surface area (Å²) < 4.78 is 1.77. The zero-order chi connectivity index (χ0) is 27.7. The Kier molecular flexibility index (Phi) is 7.27. The fourth-order valence-corrected chi connectivity index (χ4v) is 4.84. The van der Waals surface area contributed by atoms with Crippen LogP contribution < -0.4 is 10.6 Å². The van der Waals surface area contributed by atoms with E-state index in [4.69, 9.17) is 23.2 Å². The highest BCUT2D eigenvalue weighted by Crippen LogP contribution is 2.39. The molecule has 198 valence electrons. The molecule has 0 fully saturated rings. The van der Waals surface area contributed by atoms with Gasteiger partial charge in [-0.1, -0.05) is 53.5 Å². The SMILES string of the molecule is CC(C)NC(=O)Nc1nc(-c2cccc(Cl)c2)c2cc(C(O)(c3ccc(Cl)cc3)c3cncn3C)ccc2n1. The summed E-state index contributed by atoms with van der Waals surface area (Å²) in [5.41, 5.74) is 2.05. The number of nitrogens with one attached hydrogen (secondary N) is 2. The lowest BCUT2D eigenvalue weighted by atomic mass is 9.83. The van der Waals surface area contributed by atoms with Crippen LogP contribution in [0.1, 0.15) is 30.7 Å². The van der Waals surface area contributed by atoms with E-state index in [-0.39, 0.29) is 12.0 Å². The molecule has 0 aliphatic heterocycles. The third kappa shape index (κ3) is 5.31. The number of aryl methyl sites for hydroxylation is 1. The molecule has 1 unspecified atom stereocenters. The van der Waals surface area contributed by atoms with Gasteiger partial charge >= 0.3 is 6.03 Å². The number of nitrogens with zero attached hydrogens (tertiary/aromatic N) is 4. The lowest BCUT2D eigenvalue weighted by Gasteiger charge is -2.30. The first-order valence-electron chi connectivity index (χ1n) is 12.3. The van der Waals surface area contributed by atoms with E-state index in [9.17, 15) is 9.90 Å². The number of rotatable bonds is 6. The van der Waals surface area contributed by atoms with E-state index in [1.54, 1.807) is 65.6 Å². The van der Waals surface area contributed by atoms with Crippen molar-refractivity contribution in [3.63, 3.8) is 0 Å². The predicted octanol–water partition coefficient (Wildman–Crippen LogP) is 6.15. The van der Waals surface area contributed by atoms with Crippen LogP contribution in [0, 0.1) is 0 Å². The van der Waals surface area contributed by atoms with E-state index in [0.717, 1.165) is 5.56 Å². The number of benzene rings is 3. The number of amides is 2. The standard InChI is InChI=1S/C29H26Cl2N6O2/c1-17(2)33-28(38)36-27-34-24-12-9-20(14-23(24)26(35-27)18-5-4-6-22(31)13-18)29(39,25-15-32-16-37(25)3)19-7-10-21(30)11-8-19/h4-17,39H,1-3H3,(H2,33,34,35,36,38). The van der Waals surface area contributed by atoms with E-state index in [0.29, 0.717) is 43.5 Å². The van der Waals surface area contributed by atoms with Crippen molar-refractivity contribution in [2.24, 2.45) is 7.05 Å². The third-order valence-corrected chi connectivity index (χ3v) is 6.79. The second kappa shape index (κ2) is 10.6. The summed E-state index contributed by atoms with van der Waals surface area (Å²) in [5.74, 6) is 0.142. The van der Waals surface area contributed by atoms with Crippen molar-refractivity contribution in [3.8, 4) is 11.3 Å². The molecule has 0 saturated carbocycles. The average Bonchev–Trinajstić information content (AvgIpc) is 3.33. The molecule has 2 amide bonds. The number of hydrogen-bond donors (Lipinski definition) is 3. The van der Waals surface area contributed by atoms with Crippen molar-refractivity contribution >= 4 is 46.1 Å². The van der Waals surface area contributed by atoms with Crippen LogP contribution in [0.2, 0.25) is 10.0 Å². The molecular weight excluding hydrogens is 535 g/mol. The molecule has 5 aromatic rings. The summed E-state index contributed by atoms with van der Waals surface area (Å²) in [6, 6.07) is 19.3. The monoisotopic (exact) mass is 560 g/mol. The first-order valence-corrected chi connectivity index (χ1v) is 13.0. The Bertz CT molecular complexity index is 1670. The molecule has 39 heavy (non-hydrogen) atoms. The van der Waals surface area contributed by atoms with E-state index >= 15 is 0 Å². The Morgan fingerprint density at radius 3 is 2.38 bits per heavy atom. The van der Waals surface area contributed by atoms with Gasteiger partial charge in [0, 0.05) is 34.1 Å². The van der Waals surface area contributed by atoms with Crippen molar-refractivity contribution in [3.05, 3.63) is 106 Å². The molecule has 0 saturated heterocycles. The van der Waals surface area contributed by atoms with Gasteiger partial charge < -0.3 is 15.0 Å². The number of aromatic nitrogens is 4. The zero-order valence-corrected chi connectivity index (χ0v) is 23.0. The number of anilines is 1. The normalized spacial score (nSPS) is 12.9. The highest BCUT2D eigenvalue weighted by Gasteiger charge is 2.37. The van der Waals surface area contributed by atoms with Crippen molar-refractivity contribution < 1.29 is 9.90 Å². The van der Waals surface area contributed by atoms with Crippen molar-refractivity contribution in [2.45, 2.75) is 25.5 Å². The first kappa shape index (κ1) is 26.6. The fraction of sp³-hybridized carbons (Fsp3) is 0.172. The molecule has 3 N–H and O–H groups in total. The Balaban J connectivity index is 1.73. The molecule has 8 nitrogen and oxygen atoms in total. The van der Waals surface area contributed by atoms with Gasteiger partial charge in [-0.2, -0.15) is 0 Å². The van der Waals surface area contributed by atoms with Gasteiger partial charge in [-0.15, -0.1) is 0 Å². The summed E-state index contributed by atoms with van der Waals surface area (Å²) in [6.45, 7) is 3.73. The molecule has 0 bridgehead atoms. The van der Waals surface area contributed by atoms with E-state index < -0.39 is 11.6 Å². The number of aliphatic hydroxyl groups is 1. The van der Waals surface area contributed by atoms with Crippen molar-refractivity contribution in [1.29, 1.82) is 0 Å². The summed E-state index contributed by atoms with van der Waals surface area (Å²) in [6.07, 6.45) is 3.27. The minimum atomic E-state index is -1.57. The highest BCUT2D eigenvalue weighted by atomic mass is 35.5. The summed E-state index contributed by atoms with van der Waals surface area (Å²) in [7, 11) is 1.82. The summed E-state index contributed by atoms with van der Waals surface area (Å²) >= 11 is 12.5. The molecule has 10 heteroatoms. The van der Waals surface area contributed by atoms with Gasteiger partial charge in [-0.05, 0) is 61.4 Å². The average molecular weight is 561 g/mol. The molecule has 3 aromatic carbocycles. The molecule has 1 atom stereocenters. The Hall–Kier alpha value is -3.98. The molecule has 0 aliphatic rings. The Morgan fingerprint density at radius 2 is 1.72 bits per heavy atom. The lowest BCUT2D eigenvalue weighted by molar-refractivity contribution is 0.117. The van der Waals surface area contributed by atoms with Crippen LogP contribution in [0.5, 0.6) is 0 Å². The van der Waals surface area contributed by atoms with Gasteiger partial charge in [0.15, 0.2) is 5.60 Å². The highest BCUT2D eigenvalue weighted by molar-refractivity contribution is 6.31. The van der Waals surface area contributed by atoms with Crippen LogP contribution in [0.4, 0.5) is 10.7 Å². The first-order chi connectivity index (χ1) is 18.6. The van der Waals surface area contributed by atoms with Gasteiger partial charge in [0.2, 0.25) is 5.95 Å². The van der Waals surface area contributed by atoms with E-state index in [1.165, 1.54) is 0 Å². The van der Waals surface area contributed by atoms with E-state index in [1.807, 2.05) is 39.1 Å². The quantitative estimate of drug-likeness (QED) is 0.231. The van der Waals surface area contributed by atoms with Crippen molar-refractivity contribution in [2.75, 3.05) is 5.32 Å². The van der Waals surface area contributed by atoms with Gasteiger partial charge in [-0.3, -0.25) is 5.32 Å². The Morgan fingerprint density at radius 1 is 0.974 bits per heavy atom. The van der Waals surface area contributed by atoms with Gasteiger partial charge in [0.1, 0.15) is 0 Å². The zero-order valence-electron chi connectivity index (χ0n) is 21.5. The minimum Gasteiger partial charge on any atom is -0.374 e. The topological polar surface area (TPSA) is 105 Å². The maximum absolute atomic E-state index is 12.4. The second-order valence-corrected chi connectivity index (χ2v) is 10.4. The van der Waals surface area contributed by atoms with Crippen LogP contribution in [0.25, 0.3) is 22.2 Å². The number of carbonyl (C=O) groups excluding carboxylic acids is 1. The summed E-state index contributed by atoms with van der Waals surface area (Å²) in [4.78, 5) is 25.9. The van der Waals surface area contributed by atoms with E-state index in [2.05, 4.69) is 25.6 Å². The Labute approximate surface area is 235 Å². The number of hydrogen-bond acceptors (Lipinski definition) is 5. The second-order valence-electron chi connectivity index (χ2n) is 9.50. The predicted molar refractivity (Wildman–Crippen MR) is 154 cm³/mol. The summed E-state index contributed by atoms with van der Waals surface area (Å²) in [5, 5.41) is 19.6. The number of halogens is 2. The number of urea groups is 1. The van der Waals surface area contributed by atoms with Crippen LogP contribution in [0.15, 0.2) is 79.3 Å². The fourth-order valence-electron chi connectivity index (χ4n) is 4.52. The van der Waals surface area contributed by atoms with Gasteiger partial charge in [0.05, 0.1) is 29.4 Å². The maximum Gasteiger partial charge on any atom is 0.321 e. The van der Waals surface area contributed by atoms with Crippen LogP contribution >= 0.6 is 23.2 Å². The molecule has 2 aromatic heterocycles. The largest absolute Gasteiger partial charge is 0.374 e. The maximum atomic E-state index is 12.4. The molecular formula is C29H26Cl2N6O2. The number of carbonyl (C=O) groups is 1.